The van der Waals surface area contributed by atoms with E-state index in [1.807, 2.05) is 0 Å². The summed E-state index contributed by atoms with van der Waals surface area (Å²) in [5.74, 6) is 0.0885. The highest BCUT2D eigenvalue weighted by Crippen LogP contribution is 2.58. The van der Waals surface area contributed by atoms with Crippen molar-refractivity contribution in [3.63, 3.8) is 0 Å². The fourth-order valence-electron chi connectivity index (χ4n) is 3.63. The summed E-state index contributed by atoms with van der Waals surface area (Å²) < 4.78 is 0. The zero-order chi connectivity index (χ0) is 14.1. The molecule has 0 amide bonds. The molecule has 1 atom stereocenters. The van der Waals surface area contributed by atoms with Crippen molar-refractivity contribution in [2.24, 2.45) is 0 Å². The van der Waals surface area contributed by atoms with Gasteiger partial charge in [-0.1, -0.05) is 24.3 Å². The second-order valence-corrected chi connectivity index (χ2v) is 7.89. The van der Waals surface area contributed by atoms with Crippen molar-refractivity contribution in [3.8, 4) is 11.5 Å². The second-order valence-electron chi connectivity index (χ2n) is 5.61. The van der Waals surface area contributed by atoms with Crippen LogP contribution in [0.25, 0.3) is 10.8 Å². The van der Waals surface area contributed by atoms with E-state index >= 15 is 0 Å². The number of phenols is 2. The summed E-state index contributed by atoms with van der Waals surface area (Å²) in [5.41, 5.74) is 0.542. The van der Waals surface area contributed by atoms with Crippen LogP contribution in [-0.4, -0.2) is 25.3 Å². The third-order valence-corrected chi connectivity index (χ3v) is 6.96. The number of phenolic OH excluding ortho intramolecular Hbond substituents is 2. The van der Waals surface area contributed by atoms with Crippen LogP contribution in [0.2, 0.25) is 0 Å². The topological polar surface area (TPSA) is 80.9 Å². The maximum absolute atomic E-state index is 10.5. The van der Waals surface area contributed by atoms with Crippen LogP contribution in [0.3, 0.4) is 0 Å². The van der Waals surface area contributed by atoms with E-state index < -0.39 is 7.34 Å². The average Bonchev–Trinajstić information content (AvgIpc) is 2.88. The largest absolute Gasteiger partial charge is 0.507 e. The minimum absolute atomic E-state index is 0.0860. The molecule has 0 radical (unpaired) electrons. The van der Waals surface area contributed by atoms with E-state index in [-0.39, 0.29) is 22.7 Å². The maximum atomic E-state index is 10.5. The van der Waals surface area contributed by atoms with Gasteiger partial charge in [0.15, 0.2) is 7.34 Å². The lowest BCUT2D eigenvalue weighted by molar-refractivity contribution is 0.452. The van der Waals surface area contributed by atoms with Gasteiger partial charge in [-0.25, -0.2) is 0 Å². The number of aromatic hydroxyl groups is 2. The highest BCUT2D eigenvalue weighted by atomic mass is 31.2. The molecule has 2 aromatic carbocycles. The number of hydrogen-bond donors (Lipinski definition) is 4. The molecular formula is C15H15O4P. The SMILES string of the molecule is Oc1c2c(c(O)c3ccccc13)P(O)(O)=C1CCC2C1. The molecule has 1 aliphatic heterocycles. The van der Waals surface area contributed by atoms with Crippen molar-refractivity contribution >= 4 is 28.7 Å². The van der Waals surface area contributed by atoms with Crippen LogP contribution in [0, 0.1) is 0 Å². The predicted molar refractivity (Wildman–Crippen MR) is 79.9 cm³/mol. The third-order valence-electron chi connectivity index (χ3n) is 4.60. The molecule has 1 saturated carbocycles. The van der Waals surface area contributed by atoms with Crippen molar-refractivity contribution < 1.29 is 20.0 Å². The first kappa shape index (κ1) is 12.3. The van der Waals surface area contributed by atoms with Crippen molar-refractivity contribution in [1.82, 2.24) is 0 Å². The van der Waals surface area contributed by atoms with Crippen molar-refractivity contribution in [2.45, 2.75) is 25.2 Å². The lowest BCUT2D eigenvalue weighted by atomic mass is 9.92. The molecule has 1 heterocycles. The molecule has 4 nitrogen and oxygen atoms in total. The molecule has 20 heavy (non-hydrogen) atoms. The van der Waals surface area contributed by atoms with E-state index in [1.54, 1.807) is 24.3 Å². The number of hydrogen-bond acceptors (Lipinski definition) is 4. The monoisotopic (exact) mass is 290 g/mol. The van der Waals surface area contributed by atoms with Gasteiger partial charge in [0.05, 0.1) is 5.30 Å². The number of rotatable bonds is 0. The summed E-state index contributed by atoms with van der Waals surface area (Å²) in [6.07, 6.45) is 2.07. The first-order valence-corrected chi connectivity index (χ1v) is 8.38. The molecule has 4 N–H and O–H groups in total. The minimum Gasteiger partial charge on any atom is -0.507 e. The Hall–Kier alpha value is -1.48. The van der Waals surface area contributed by atoms with Crippen LogP contribution >= 0.6 is 7.34 Å². The van der Waals surface area contributed by atoms with E-state index in [1.165, 1.54) is 0 Å². The van der Waals surface area contributed by atoms with Gasteiger partial charge in [-0.3, -0.25) is 0 Å². The summed E-state index contributed by atoms with van der Waals surface area (Å²) in [4.78, 5) is 21.1. The Labute approximate surface area is 116 Å². The molecule has 4 rings (SSSR count). The van der Waals surface area contributed by atoms with Crippen LogP contribution in [0.5, 0.6) is 11.5 Å². The Kier molecular flexibility index (Phi) is 2.33. The summed E-state index contributed by atoms with van der Waals surface area (Å²) >= 11 is 0. The molecule has 5 heteroatoms. The van der Waals surface area contributed by atoms with Crippen LogP contribution in [0.4, 0.5) is 0 Å². The minimum atomic E-state index is -3.46. The van der Waals surface area contributed by atoms with E-state index in [2.05, 4.69) is 0 Å². The van der Waals surface area contributed by atoms with Gasteiger partial charge in [0.25, 0.3) is 0 Å². The molecule has 104 valence electrons. The van der Waals surface area contributed by atoms with Crippen LogP contribution < -0.4 is 5.30 Å². The molecular weight excluding hydrogens is 275 g/mol. The standard InChI is InChI=1S/C15H15O4P/c16-13-10-3-1-2-4-11(10)14(17)15-12(13)8-5-6-9(7-8)20(15,18)19/h1-4,8,16-19H,5-7H2. The number of benzene rings is 2. The Morgan fingerprint density at radius 3 is 2.35 bits per heavy atom. The Bertz CT molecular complexity index is 803. The van der Waals surface area contributed by atoms with E-state index in [0.717, 1.165) is 11.7 Å². The highest BCUT2D eigenvalue weighted by Gasteiger charge is 2.42. The van der Waals surface area contributed by atoms with Gasteiger partial charge in [-0.2, -0.15) is 0 Å². The molecule has 2 bridgehead atoms. The fraction of sp³-hybridized carbons (Fsp3) is 0.267. The summed E-state index contributed by atoms with van der Waals surface area (Å²) in [6.45, 7) is 0. The quantitative estimate of drug-likeness (QED) is 0.443. The van der Waals surface area contributed by atoms with Crippen LogP contribution in [-0.2, 0) is 0 Å². The summed E-state index contributed by atoms with van der Waals surface area (Å²) in [6, 6.07) is 6.98. The van der Waals surface area contributed by atoms with Crippen LogP contribution in [0.15, 0.2) is 24.3 Å². The Morgan fingerprint density at radius 2 is 1.65 bits per heavy atom. The van der Waals surface area contributed by atoms with Crippen molar-refractivity contribution in [1.29, 1.82) is 0 Å². The van der Waals surface area contributed by atoms with E-state index in [9.17, 15) is 20.0 Å². The second kappa shape index (κ2) is 3.79. The van der Waals surface area contributed by atoms with Crippen molar-refractivity contribution in [2.75, 3.05) is 0 Å². The lowest BCUT2D eigenvalue weighted by Crippen LogP contribution is -2.22. The van der Waals surface area contributed by atoms with Gasteiger partial charge in [0.1, 0.15) is 11.5 Å². The summed E-state index contributed by atoms with van der Waals surface area (Å²) in [7, 11) is -3.46. The van der Waals surface area contributed by atoms with E-state index in [0.29, 0.717) is 29.2 Å². The Balaban J connectivity index is 2.25. The molecule has 1 fully saturated rings. The van der Waals surface area contributed by atoms with Crippen LogP contribution in [0.1, 0.15) is 30.7 Å². The first-order valence-electron chi connectivity index (χ1n) is 6.68. The van der Waals surface area contributed by atoms with E-state index in [4.69, 9.17) is 0 Å². The molecule has 2 aromatic rings. The predicted octanol–water partition coefficient (Wildman–Crippen LogP) is 2.16. The van der Waals surface area contributed by atoms with Crippen molar-refractivity contribution in [3.05, 3.63) is 29.8 Å². The fourth-order valence-corrected chi connectivity index (χ4v) is 5.90. The maximum Gasteiger partial charge on any atom is 0.152 e. The lowest BCUT2D eigenvalue weighted by Gasteiger charge is -2.29. The normalized spacial score (nSPS) is 23.1. The van der Waals surface area contributed by atoms with Gasteiger partial charge in [-0.15, -0.1) is 0 Å². The van der Waals surface area contributed by atoms with Gasteiger partial charge < -0.3 is 20.0 Å². The molecule has 1 aliphatic carbocycles. The van der Waals surface area contributed by atoms with Gasteiger partial charge >= 0.3 is 0 Å². The summed E-state index contributed by atoms with van der Waals surface area (Å²) in [5, 5.41) is 23.0. The molecule has 0 aromatic heterocycles. The highest BCUT2D eigenvalue weighted by molar-refractivity contribution is 7.73. The van der Waals surface area contributed by atoms with Gasteiger partial charge in [0.2, 0.25) is 0 Å². The zero-order valence-corrected chi connectivity index (χ0v) is 11.6. The Morgan fingerprint density at radius 1 is 1.00 bits per heavy atom. The third kappa shape index (κ3) is 1.34. The average molecular weight is 290 g/mol. The number of fused-ring (bicyclic) bond motifs is 5. The van der Waals surface area contributed by atoms with Gasteiger partial charge in [0, 0.05) is 16.3 Å². The molecule has 0 spiro atoms. The first-order chi connectivity index (χ1) is 9.51. The smallest absolute Gasteiger partial charge is 0.152 e. The van der Waals surface area contributed by atoms with Gasteiger partial charge in [-0.05, 0) is 30.5 Å². The zero-order valence-electron chi connectivity index (χ0n) is 10.7. The molecule has 0 saturated heterocycles. The molecule has 1 unspecified atom stereocenters. The molecule has 2 aliphatic rings.